The Morgan fingerprint density at radius 3 is 2.56 bits per heavy atom. The molecule has 1 unspecified atom stereocenters. The Kier molecular flexibility index (Phi) is 3.38. The van der Waals surface area contributed by atoms with Crippen molar-refractivity contribution in [2.75, 3.05) is 0 Å². The first-order valence-electron chi connectivity index (χ1n) is 5.36. The highest BCUT2D eigenvalue weighted by atomic mass is 16.5. The average Bonchev–Trinajstić information content (AvgIpc) is 2.65. The van der Waals surface area contributed by atoms with Crippen LogP contribution < -0.4 is 0 Å². The Hall–Kier alpha value is -2.21. The number of carbonyl (C=O) groups excluding carboxylic acids is 3. The van der Waals surface area contributed by atoms with Crippen molar-refractivity contribution in [1.82, 2.24) is 5.06 Å². The molecule has 1 aliphatic rings. The van der Waals surface area contributed by atoms with E-state index >= 15 is 0 Å². The maximum Gasteiger partial charge on any atom is 0.319 e. The minimum atomic E-state index is -1.23. The summed E-state index contributed by atoms with van der Waals surface area (Å²) < 4.78 is 4.93. The molecule has 6 heteroatoms. The summed E-state index contributed by atoms with van der Waals surface area (Å²) in [6.45, 7) is 0.0308. The fraction of sp³-hybridized carbons (Fsp3) is 0.250. The van der Waals surface area contributed by atoms with Gasteiger partial charge in [0, 0.05) is 0 Å². The van der Waals surface area contributed by atoms with Crippen molar-refractivity contribution in [3.63, 3.8) is 0 Å². The average molecular weight is 249 g/mol. The van der Waals surface area contributed by atoms with Crippen LogP contribution in [0.25, 0.3) is 0 Å². The fourth-order valence-corrected chi connectivity index (χ4v) is 1.63. The predicted octanol–water partition coefficient (Wildman–Crippen LogP) is 0.494. The van der Waals surface area contributed by atoms with Crippen molar-refractivity contribution in [3.8, 4) is 0 Å². The number of rotatable bonds is 3. The Morgan fingerprint density at radius 2 is 2.00 bits per heavy atom. The maximum atomic E-state index is 11.6. The van der Waals surface area contributed by atoms with E-state index < -0.39 is 23.7 Å². The minimum absolute atomic E-state index is 0.0308. The molecule has 0 bridgehead atoms. The van der Waals surface area contributed by atoms with E-state index in [4.69, 9.17) is 9.94 Å². The third kappa shape index (κ3) is 2.38. The van der Waals surface area contributed by atoms with Gasteiger partial charge in [-0.25, -0.2) is 0 Å². The summed E-state index contributed by atoms with van der Waals surface area (Å²) in [5, 5.41) is 8.96. The zero-order valence-electron chi connectivity index (χ0n) is 9.41. The highest BCUT2D eigenvalue weighted by molar-refractivity contribution is 6.11. The predicted molar refractivity (Wildman–Crippen MR) is 58.0 cm³/mol. The van der Waals surface area contributed by atoms with Gasteiger partial charge in [-0.15, -0.1) is 0 Å². The SMILES string of the molecule is O=C(OCc1ccccc1)C1CC(=O)N(O)C1=O. The quantitative estimate of drug-likeness (QED) is 0.365. The maximum absolute atomic E-state index is 11.6. The normalized spacial score (nSPS) is 19.2. The van der Waals surface area contributed by atoms with Crippen LogP contribution in [0.5, 0.6) is 0 Å². The van der Waals surface area contributed by atoms with Crippen molar-refractivity contribution in [1.29, 1.82) is 0 Å². The molecular formula is C12H11NO5. The Bertz CT molecular complexity index is 485. The Labute approximate surface area is 103 Å². The van der Waals surface area contributed by atoms with Crippen LogP contribution >= 0.6 is 0 Å². The lowest BCUT2D eigenvalue weighted by Crippen LogP contribution is -2.30. The van der Waals surface area contributed by atoms with Crippen LogP contribution in [0.15, 0.2) is 30.3 Å². The smallest absolute Gasteiger partial charge is 0.319 e. The lowest BCUT2D eigenvalue weighted by Gasteiger charge is -2.08. The number of imide groups is 1. The summed E-state index contributed by atoms with van der Waals surface area (Å²) in [5.41, 5.74) is 0.781. The van der Waals surface area contributed by atoms with Gasteiger partial charge in [-0.05, 0) is 5.56 Å². The Morgan fingerprint density at radius 1 is 1.33 bits per heavy atom. The molecule has 18 heavy (non-hydrogen) atoms. The lowest BCUT2D eigenvalue weighted by atomic mass is 10.1. The van der Waals surface area contributed by atoms with Crippen LogP contribution in [0.4, 0.5) is 0 Å². The number of amides is 2. The van der Waals surface area contributed by atoms with E-state index in [9.17, 15) is 14.4 Å². The van der Waals surface area contributed by atoms with E-state index in [-0.39, 0.29) is 18.1 Å². The van der Waals surface area contributed by atoms with Crippen molar-refractivity contribution >= 4 is 17.8 Å². The van der Waals surface area contributed by atoms with E-state index in [2.05, 4.69) is 0 Å². The number of esters is 1. The van der Waals surface area contributed by atoms with Gasteiger partial charge in [-0.2, -0.15) is 5.06 Å². The Balaban J connectivity index is 1.93. The number of hydrogen-bond acceptors (Lipinski definition) is 5. The summed E-state index contributed by atoms with van der Waals surface area (Å²) in [7, 11) is 0. The van der Waals surface area contributed by atoms with Gasteiger partial charge < -0.3 is 4.74 Å². The number of nitrogens with zero attached hydrogens (tertiary/aromatic N) is 1. The van der Waals surface area contributed by atoms with Gasteiger partial charge in [0.1, 0.15) is 12.5 Å². The molecule has 0 aromatic heterocycles. The molecule has 6 nitrogen and oxygen atoms in total. The molecule has 1 aromatic carbocycles. The van der Waals surface area contributed by atoms with Gasteiger partial charge in [0.05, 0.1) is 6.42 Å². The van der Waals surface area contributed by atoms with Crippen LogP contribution in [0.2, 0.25) is 0 Å². The molecule has 94 valence electrons. The second kappa shape index (κ2) is 4.97. The highest BCUT2D eigenvalue weighted by Gasteiger charge is 2.43. The van der Waals surface area contributed by atoms with Crippen LogP contribution in [0, 0.1) is 5.92 Å². The van der Waals surface area contributed by atoms with Crippen LogP contribution in [-0.4, -0.2) is 28.1 Å². The van der Waals surface area contributed by atoms with Crippen molar-refractivity contribution in [2.24, 2.45) is 5.92 Å². The first-order valence-corrected chi connectivity index (χ1v) is 5.36. The van der Waals surface area contributed by atoms with Gasteiger partial charge in [-0.1, -0.05) is 30.3 Å². The van der Waals surface area contributed by atoms with Gasteiger partial charge in [0.2, 0.25) is 0 Å². The summed E-state index contributed by atoms with van der Waals surface area (Å²) in [4.78, 5) is 33.9. The van der Waals surface area contributed by atoms with Crippen molar-refractivity contribution in [2.45, 2.75) is 13.0 Å². The van der Waals surface area contributed by atoms with E-state index in [1.165, 1.54) is 0 Å². The van der Waals surface area contributed by atoms with Gasteiger partial charge in [0.25, 0.3) is 11.8 Å². The first-order chi connectivity index (χ1) is 8.59. The van der Waals surface area contributed by atoms with Crippen LogP contribution in [-0.2, 0) is 25.7 Å². The summed E-state index contributed by atoms with van der Waals surface area (Å²) in [5.74, 6) is -3.75. The molecule has 0 spiro atoms. The van der Waals surface area contributed by atoms with Crippen molar-refractivity contribution < 1.29 is 24.3 Å². The third-order valence-electron chi connectivity index (χ3n) is 2.63. The summed E-state index contributed by atoms with van der Waals surface area (Å²) >= 11 is 0. The number of benzene rings is 1. The molecule has 0 saturated carbocycles. The fourth-order valence-electron chi connectivity index (χ4n) is 1.63. The number of hydrogen-bond donors (Lipinski definition) is 1. The molecular weight excluding hydrogens is 238 g/mol. The molecule has 1 atom stereocenters. The molecule has 0 aliphatic carbocycles. The number of ether oxygens (including phenoxy) is 1. The lowest BCUT2D eigenvalue weighted by molar-refractivity contribution is -0.173. The molecule has 1 fully saturated rings. The van der Waals surface area contributed by atoms with E-state index in [0.29, 0.717) is 0 Å². The summed E-state index contributed by atoms with van der Waals surface area (Å²) in [6.07, 6.45) is -0.344. The largest absolute Gasteiger partial charge is 0.460 e. The van der Waals surface area contributed by atoms with Gasteiger partial charge in [-0.3, -0.25) is 19.6 Å². The number of carbonyl (C=O) groups is 3. The van der Waals surface area contributed by atoms with Crippen LogP contribution in [0.1, 0.15) is 12.0 Å². The molecule has 1 heterocycles. The molecule has 1 aliphatic heterocycles. The molecule has 2 amide bonds. The second-order valence-electron chi connectivity index (χ2n) is 3.89. The first kappa shape index (κ1) is 12.3. The van der Waals surface area contributed by atoms with Gasteiger partial charge in [0.15, 0.2) is 0 Å². The third-order valence-corrected chi connectivity index (χ3v) is 2.63. The monoisotopic (exact) mass is 249 g/mol. The minimum Gasteiger partial charge on any atom is -0.460 e. The summed E-state index contributed by atoms with van der Waals surface area (Å²) in [6, 6.07) is 8.96. The van der Waals surface area contributed by atoms with E-state index in [1.807, 2.05) is 6.07 Å². The molecule has 1 saturated heterocycles. The van der Waals surface area contributed by atoms with Crippen molar-refractivity contribution in [3.05, 3.63) is 35.9 Å². The number of hydroxylamine groups is 2. The van der Waals surface area contributed by atoms with E-state index in [1.54, 1.807) is 24.3 Å². The molecule has 1 N–H and O–H groups in total. The standard InChI is InChI=1S/C12H11NO5/c14-10-6-9(11(15)13(10)17)12(16)18-7-8-4-2-1-3-5-8/h1-5,9,17H,6-7H2. The molecule has 1 aromatic rings. The molecule has 2 rings (SSSR count). The molecule has 0 radical (unpaired) electrons. The highest BCUT2D eigenvalue weighted by Crippen LogP contribution is 2.19. The van der Waals surface area contributed by atoms with Crippen LogP contribution in [0.3, 0.4) is 0 Å². The zero-order valence-corrected chi connectivity index (χ0v) is 9.41. The second-order valence-corrected chi connectivity index (χ2v) is 3.89. The zero-order chi connectivity index (χ0) is 13.1. The van der Waals surface area contributed by atoms with E-state index in [0.717, 1.165) is 5.56 Å². The van der Waals surface area contributed by atoms with Gasteiger partial charge >= 0.3 is 5.97 Å². The topological polar surface area (TPSA) is 83.9 Å².